The number of hydrogen-bond donors (Lipinski definition) is 3. The number of carbonyl (C=O) groups is 1. The van der Waals surface area contributed by atoms with Gasteiger partial charge in [-0.3, -0.25) is 9.78 Å². The lowest BCUT2D eigenvalue weighted by Gasteiger charge is -2.30. The summed E-state index contributed by atoms with van der Waals surface area (Å²) in [5.41, 5.74) is 0.522. The molecule has 5 nitrogen and oxygen atoms in total. The van der Waals surface area contributed by atoms with E-state index in [9.17, 15) is 9.90 Å². The molecule has 0 saturated carbocycles. The molecule has 0 aromatic carbocycles. The van der Waals surface area contributed by atoms with Crippen LogP contribution in [0.15, 0.2) is 24.5 Å². The van der Waals surface area contributed by atoms with Crippen molar-refractivity contribution in [1.82, 2.24) is 10.3 Å². The second kappa shape index (κ2) is 7.05. The summed E-state index contributed by atoms with van der Waals surface area (Å²) in [5, 5.41) is 21.2. The van der Waals surface area contributed by atoms with Crippen LogP contribution in [0.4, 0.5) is 0 Å². The largest absolute Gasteiger partial charge is 0.506 e. The fraction of sp³-hybridized carbons (Fsp3) is 0.467. The molecule has 1 unspecified atom stereocenters. The van der Waals surface area contributed by atoms with Crippen molar-refractivity contribution < 1.29 is 15.0 Å². The molecule has 0 aliphatic rings. The van der Waals surface area contributed by atoms with Gasteiger partial charge < -0.3 is 15.5 Å². The molecule has 0 aliphatic carbocycles. The predicted molar refractivity (Wildman–Crippen MR) is 78.0 cm³/mol. The van der Waals surface area contributed by atoms with E-state index in [0.717, 1.165) is 0 Å². The minimum absolute atomic E-state index is 0.0302. The van der Waals surface area contributed by atoms with Gasteiger partial charge in [-0.1, -0.05) is 20.8 Å². The summed E-state index contributed by atoms with van der Waals surface area (Å²) in [6.07, 6.45) is 6.37. The first kappa shape index (κ1) is 16.2. The van der Waals surface area contributed by atoms with Crippen molar-refractivity contribution in [3.63, 3.8) is 0 Å². The van der Waals surface area contributed by atoms with Gasteiger partial charge in [-0.15, -0.1) is 0 Å². The highest BCUT2D eigenvalue weighted by Gasteiger charge is 2.24. The van der Waals surface area contributed by atoms with Crippen molar-refractivity contribution in [2.45, 2.75) is 33.2 Å². The Morgan fingerprint density at radius 3 is 2.70 bits per heavy atom. The molecular formula is C15H22N2O3. The summed E-state index contributed by atoms with van der Waals surface area (Å²) in [6.45, 7) is 6.06. The number of aliphatic hydroxyl groups excluding tert-OH is 1. The highest BCUT2D eigenvalue weighted by Crippen LogP contribution is 2.21. The van der Waals surface area contributed by atoms with Crippen molar-refractivity contribution in [1.29, 1.82) is 0 Å². The zero-order valence-electron chi connectivity index (χ0n) is 12.1. The fourth-order valence-corrected chi connectivity index (χ4v) is 1.78. The van der Waals surface area contributed by atoms with E-state index in [1.165, 1.54) is 18.3 Å². The van der Waals surface area contributed by atoms with E-state index >= 15 is 0 Å². The first-order valence-electron chi connectivity index (χ1n) is 6.56. The third-order valence-corrected chi connectivity index (χ3v) is 2.95. The number of carbonyl (C=O) groups excluding carboxylic acids is 1. The number of rotatable bonds is 5. The Balaban J connectivity index is 2.66. The van der Waals surface area contributed by atoms with E-state index < -0.39 is 0 Å². The molecule has 1 aromatic rings. The van der Waals surface area contributed by atoms with Crippen LogP contribution >= 0.6 is 0 Å². The number of amides is 1. The quantitative estimate of drug-likeness (QED) is 0.716. The fourth-order valence-electron chi connectivity index (χ4n) is 1.78. The van der Waals surface area contributed by atoms with Crippen LogP contribution in [0, 0.1) is 5.41 Å². The third-order valence-electron chi connectivity index (χ3n) is 2.95. The average molecular weight is 278 g/mol. The number of pyridine rings is 1. The standard InChI is InChI=1S/C15H22N2O3/c1-15(2,3)13(6-7-18)17-14(20)5-4-11-8-12(19)10-16-9-11/h4-5,8-10,13,18-19H,6-7H2,1-3H3,(H,17,20)/b5-4+. The van der Waals surface area contributed by atoms with E-state index in [1.54, 1.807) is 12.3 Å². The molecule has 1 heterocycles. The molecule has 110 valence electrons. The molecule has 3 N–H and O–H groups in total. The molecule has 0 spiro atoms. The molecule has 1 amide bonds. The predicted octanol–water partition coefficient (Wildman–Crippen LogP) is 1.71. The first-order chi connectivity index (χ1) is 9.32. The lowest BCUT2D eigenvalue weighted by atomic mass is 9.85. The Bertz CT molecular complexity index is 478. The van der Waals surface area contributed by atoms with Crippen LogP contribution in [0.2, 0.25) is 0 Å². The number of aromatic nitrogens is 1. The minimum Gasteiger partial charge on any atom is -0.506 e. The Morgan fingerprint density at radius 1 is 1.45 bits per heavy atom. The Hall–Kier alpha value is -1.88. The Morgan fingerprint density at radius 2 is 2.15 bits per heavy atom. The summed E-state index contributed by atoms with van der Waals surface area (Å²) in [6, 6.07) is 1.41. The van der Waals surface area contributed by atoms with Gasteiger partial charge in [0.25, 0.3) is 0 Å². The second-order valence-electron chi connectivity index (χ2n) is 5.75. The van der Waals surface area contributed by atoms with E-state index in [0.29, 0.717) is 12.0 Å². The van der Waals surface area contributed by atoms with Crippen molar-refractivity contribution in [3.05, 3.63) is 30.1 Å². The van der Waals surface area contributed by atoms with E-state index in [4.69, 9.17) is 5.11 Å². The van der Waals surface area contributed by atoms with Gasteiger partial charge in [0.2, 0.25) is 5.91 Å². The summed E-state index contributed by atoms with van der Waals surface area (Å²) < 4.78 is 0. The number of aromatic hydroxyl groups is 1. The maximum absolute atomic E-state index is 11.9. The van der Waals surface area contributed by atoms with Gasteiger partial charge in [-0.05, 0) is 29.5 Å². The van der Waals surface area contributed by atoms with Crippen LogP contribution in [0.5, 0.6) is 5.75 Å². The van der Waals surface area contributed by atoms with Crippen molar-refractivity contribution in [2.24, 2.45) is 5.41 Å². The van der Waals surface area contributed by atoms with Gasteiger partial charge >= 0.3 is 0 Å². The van der Waals surface area contributed by atoms with E-state index in [2.05, 4.69) is 10.3 Å². The molecular weight excluding hydrogens is 256 g/mol. The van der Waals surface area contributed by atoms with Crippen LogP contribution in [0.1, 0.15) is 32.8 Å². The summed E-state index contributed by atoms with van der Waals surface area (Å²) >= 11 is 0. The minimum atomic E-state index is -0.235. The summed E-state index contributed by atoms with van der Waals surface area (Å²) in [7, 11) is 0. The van der Waals surface area contributed by atoms with E-state index in [1.807, 2.05) is 20.8 Å². The normalized spacial score (nSPS) is 13.4. The van der Waals surface area contributed by atoms with E-state index in [-0.39, 0.29) is 29.7 Å². The van der Waals surface area contributed by atoms with Crippen LogP contribution in [0.3, 0.4) is 0 Å². The van der Waals surface area contributed by atoms with Gasteiger partial charge in [0.1, 0.15) is 5.75 Å². The van der Waals surface area contributed by atoms with Gasteiger partial charge in [0.15, 0.2) is 0 Å². The van der Waals surface area contributed by atoms with Gasteiger partial charge in [-0.25, -0.2) is 0 Å². The number of nitrogens with one attached hydrogen (secondary N) is 1. The lowest BCUT2D eigenvalue weighted by molar-refractivity contribution is -0.118. The zero-order chi connectivity index (χ0) is 15.2. The molecule has 0 saturated heterocycles. The van der Waals surface area contributed by atoms with Crippen LogP contribution in [-0.4, -0.2) is 33.8 Å². The Kier molecular flexibility index (Phi) is 5.70. The smallest absolute Gasteiger partial charge is 0.244 e. The molecule has 0 bridgehead atoms. The molecule has 0 radical (unpaired) electrons. The van der Waals surface area contributed by atoms with Crippen molar-refractivity contribution in [3.8, 4) is 5.75 Å². The summed E-state index contributed by atoms with van der Waals surface area (Å²) in [4.78, 5) is 15.7. The number of hydrogen-bond acceptors (Lipinski definition) is 4. The number of nitrogens with zero attached hydrogens (tertiary/aromatic N) is 1. The monoisotopic (exact) mass is 278 g/mol. The second-order valence-corrected chi connectivity index (χ2v) is 5.75. The van der Waals surface area contributed by atoms with Crippen LogP contribution in [0.25, 0.3) is 6.08 Å². The molecule has 0 aliphatic heterocycles. The SMILES string of the molecule is CC(C)(C)C(CCO)NC(=O)/C=C/c1cncc(O)c1. The average Bonchev–Trinajstić information content (AvgIpc) is 2.35. The lowest BCUT2D eigenvalue weighted by Crippen LogP contribution is -2.43. The maximum Gasteiger partial charge on any atom is 0.244 e. The maximum atomic E-state index is 11.9. The highest BCUT2D eigenvalue weighted by molar-refractivity contribution is 5.91. The highest BCUT2D eigenvalue weighted by atomic mass is 16.3. The third kappa shape index (κ3) is 5.40. The van der Waals surface area contributed by atoms with Gasteiger partial charge in [0.05, 0.1) is 6.20 Å². The molecule has 0 fully saturated rings. The summed E-state index contributed by atoms with van der Waals surface area (Å²) in [5.74, 6) is -0.179. The molecule has 20 heavy (non-hydrogen) atoms. The number of aliphatic hydroxyl groups is 1. The molecule has 1 rings (SSSR count). The van der Waals surface area contributed by atoms with Crippen molar-refractivity contribution in [2.75, 3.05) is 6.61 Å². The molecule has 1 aromatic heterocycles. The Labute approximate surface area is 119 Å². The van der Waals surface area contributed by atoms with Crippen LogP contribution in [-0.2, 0) is 4.79 Å². The van der Waals surface area contributed by atoms with Crippen molar-refractivity contribution >= 4 is 12.0 Å². The zero-order valence-corrected chi connectivity index (χ0v) is 12.1. The molecule has 1 atom stereocenters. The topological polar surface area (TPSA) is 82.5 Å². The van der Waals surface area contributed by atoms with Gasteiger partial charge in [-0.2, -0.15) is 0 Å². The first-order valence-corrected chi connectivity index (χ1v) is 6.56. The van der Waals surface area contributed by atoms with Gasteiger partial charge in [0, 0.05) is 24.9 Å². The molecule has 5 heteroatoms. The van der Waals surface area contributed by atoms with Crippen LogP contribution < -0.4 is 5.32 Å².